The first kappa shape index (κ1) is 16.9. The van der Waals surface area contributed by atoms with Crippen molar-refractivity contribution in [1.29, 1.82) is 0 Å². The number of hydrogen-bond acceptors (Lipinski definition) is 4. The zero-order chi connectivity index (χ0) is 16.9. The van der Waals surface area contributed by atoms with E-state index in [1.54, 1.807) is 17.0 Å². The maximum Gasteiger partial charge on any atom is 0.272 e. The van der Waals surface area contributed by atoms with Crippen molar-refractivity contribution in [2.75, 3.05) is 26.3 Å². The monoisotopic (exact) mass is 390 g/mol. The van der Waals surface area contributed by atoms with Gasteiger partial charge in [-0.2, -0.15) is 0 Å². The number of pyridine rings is 1. The second-order valence-corrected chi connectivity index (χ2v) is 6.42. The Hall–Kier alpha value is -1.92. The minimum absolute atomic E-state index is 0.0794. The van der Waals surface area contributed by atoms with Crippen LogP contribution in [0, 0.1) is 6.92 Å². The predicted molar refractivity (Wildman–Crippen MR) is 94.2 cm³/mol. The Kier molecular flexibility index (Phi) is 5.48. The van der Waals surface area contributed by atoms with Gasteiger partial charge in [0.1, 0.15) is 16.9 Å². The van der Waals surface area contributed by atoms with E-state index < -0.39 is 0 Å². The molecule has 1 saturated heterocycles. The number of benzene rings is 1. The third-order valence-electron chi connectivity index (χ3n) is 3.81. The molecule has 0 radical (unpaired) electrons. The van der Waals surface area contributed by atoms with Crippen LogP contribution in [-0.2, 0) is 11.3 Å². The van der Waals surface area contributed by atoms with Crippen molar-refractivity contribution < 1.29 is 14.3 Å². The quantitative estimate of drug-likeness (QED) is 0.752. The van der Waals surface area contributed by atoms with Crippen LogP contribution < -0.4 is 4.74 Å². The van der Waals surface area contributed by atoms with E-state index in [4.69, 9.17) is 9.47 Å². The Bertz CT molecular complexity index is 730. The fourth-order valence-electron chi connectivity index (χ4n) is 2.54. The molecule has 0 atom stereocenters. The fraction of sp³-hybridized carbons (Fsp3) is 0.333. The van der Waals surface area contributed by atoms with Gasteiger partial charge >= 0.3 is 0 Å². The molecule has 0 spiro atoms. The number of morpholine rings is 1. The van der Waals surface area contributed by atoms with Gasteiger partial charge in [-0.3, -0.25) is 4.79 Å². The lowest BCUT2D eigenvalue weighted by atomic mass is 10.1. The lowest BCUT2D eigenvalue weighted by molar-refractivity contribution is 0.0299. The van der Waals surface area contributed by atoms with Gasteiger partial charge in [-0.1, -0.05) is 29.8 Å². The molecule has 0 unspecified atom stereocenters. The Balaban J connectivity index is 1.67. The number of amides is 1. The lowest BCUT2D eigenvalue weighted by Gasteiger charge is -2.26. The molecule has 0 saturated carbocycles. The van der Waals surface area contributed by atoms with Crippen LogP contribution in [0.2, 0.25) is 0 Å². The molecule has 2 aromatic rings. The Morgan fingerprint density at radius 1 is 1.29 bits per heavy atom. The first-order chi connectivity index (χ1) is 11.6. The van der Waals surface area contributed by atoms with Gasteiger partial charge in [-0.05, 0) is 40.5 Å². The zero-order valence-corrected chi connectivity index (χ0v) is 15.1. The van der Waals surface area contributed by atoms with Crippen molar-refractivity contribution in [2.24, 2.45) is 0 Å². The SMILES string of the molecule is Cc1cccc(COc2ccc(C(=O)N3CCOCC3)nc2Br)c1. The molecule has 6 heteroatoms. The number of ether oxygens (including phenoxy) is 2. The van der Waals surface area contributed by atoms with Crippen molar-refractivity contribution in [2.45, 2.75) is 13.5 Å². The first-order valence-corrected chi connectivity index (χ1v) is 8.65. The van der Waals surface area contributed by atoms with Gasteiger partial charge in [0.05, 0.1) is 13.2 Å². The first-order valence-electron chi connectivity index (χ1n) is 7.85. The number of rotatable bonds is 4. The standard InChI is InChI=1S/C18H19BrN2O3/c1-13-3-2-4-14(11-13)12-24-16-6-5-15(20-17(16)19)18(22)21-7-9-23-10-8-21/h2-6,11H,7-10,12H2,1H3. The maximum absolute atomic E-state index is 12.4. The molecule has 126 valence electrons. The molecule has 0 aliphatic carbocycles. The number of aryl methyl sites for hydroxylation is 1. The Labute approximate surface area is 149 Å². The minimum Gasteiger partial charge on any atom is -0.486 e. The topological polar surface area (TPSA) is 51.7 Å². The highest BCUT2D eigenvalue weighted by Gasteiger charge is 2.20. The zero-order valence-electron chi connectivity index (χ0n) is 13.5. The number of halogens is 1. The van der Waals surface area contributed by atoms with E-state index in [-0.39, 0.29) is 5.91 Å². The van der Waals surface area contributed by atoms with E-state index in [0.717, 1.165) is 5.56 Å². The maximum atomic E-state index is 12.4. The molecule has 1 aliphatic heterocycles. The number of carbonyl (C=O) groups excluding carboxylic acids is 1. The van der Waals surface area contributed by atoms with Crippen molar-refractivity contribution in [3.05, 3.63) is 57.8 Å². The number of nitrogens with zero attached hydrogens (tertiary/aromatic N) is 2. The molecule has 2 heterocycles. The molecule has 1 aromatic heterocycles. The van der Waals surface area contributed by atoms with E-state index in [1.807, 2.05) is 25.1 Å². The summed E-state index contributed by atoms with van der Waals surface area (Å²) in [5, 5.41) is 0. The Morgan fingerprint density at radius 2 is 2.08 bits per heavy atom. The third-order valence-corrected chi connectivity index (χ3v) is 4.38. The summed E-state index contributed by atoms with van der Waals surface area (Å²) in [6, 6.07) is 11.6. The van der Waals surface area contributed by atoms with Gasteiger partial charge < -0.3 is 14.4 Å². The van der Waals surface area contributed by atoms with Gasteiger partial charge in [-0.25, -0.2) is 4.98 Å². The Morgan fingerprint density at radius 3 is 2.79 bits per heavy atom. The van der Waals surface area contributed by atoms with Crippen LogP contribution in [0.25, 0.3) is 0 Å². The molecule has 0 N–H and O–H groups in total. The van der Waals surface area contributed by atoms with E-state index >= 15 is 0 Å². The van der Waals surface area contributed by atoms with Gasteiger partial charge in [-0.15, -0.1) is 0 Å². The lowest BCUT2D eigenvalue weighted by Crippen LogP contribution is -2.41. The predicted octanol–water partition coefficient (Wildman–Crippen LogP) is 3.20. The molecule has 3 rings (SSSR count). The van der Waals surface area contributed by atoms with E-state index in [9.17, 15) is 4.79 Å². The van der Waals surface area contributed by atoms with Gasteiger partial charge in [0.15, 0.2) is 5.75 Å². The molecule has 5 nitrogen and oxygen atoms in total. The van der Waals surface area contributed by atoms with Crippen LogP contribution in [0.1, 0.15) is 21.6 Å². The normalized spacial score (nSPS) is 14.5. The number of carbonyl (C=O) groups is 1. The van der Waals surface area contributed by atoms with Crippen LogP contribution in [0.5, 0.6) is 5.75 Å². The van der Waals surface area contributed by atoms with Crippen LogP contribution in [0.3, 0.4) is 0 Å². The molecular weight excluding hydrogens is 372 g/mol. The van der Waals surface area contributed by atoms with E-state index in [2.05, 4.69) is 27.0 Å². The second-order valence-electron chi connectivity index (χ2n) is 5.67. The summed E-state index contributed by atoms with van der Waals surface area (Å²) >= 11 is 3.40. The molecule has 1 aliphatic rings. The molecule has 0 bridgehead atoms. The van der Waals surface area contributed by atoms with Crippen LogP contribution in [0.15, 0.2) is 41.0 Å². The smallest absolute Gasteiger partial charge is 0.272 e. The van der Waals surface area contributed by atoms with Gasteiger partial charge in [0.25, 0.3) is 5.91 Å². The third kappa shape index (κ3) is 4.13. The number of hydrogen-bond donors (Lipinski definition) is 0. The summed E-state index contributed by atoms with van der Waals surface area (Å²) in [4.78, 5) is 18.5. The largest absolute Gasteiger partial charge is 0.486 e. The van der Waals surface area contributed by atoms with E-state index in [0.29, 0.717) is 49.0 Å². The second kappa shape index (κ2) is 7.77. The van der Waals surface area contributed by atoms with Crippen molar-refractivity contribution in [3.63, 3.8) is 0 Å². The van der Waals surface area contributed by atoms with Gasteiger partial charge in [0.2, 0.25) is 0 Å². The van der Waals surface area contributed by atoms with Gasteiger partial charge in [0, 0.05) is 13.1 Å². The van der Waals surface area contributed by atoms with E-state index in [1.165, 1.54) is 5.56 Å². The van der Waals surface area contributed by atoms with Crippen LogP contribution >= 0.6 is 15.9 Å². The summed E-state index contributed by atoms with van der Waals surface area (Å²) in [6.45, 7) is 4.86. The summed E-state index contributed by atoms with van der Waals surface area (Å²) in [5.41, 5.74) is 2.70. The van der Waals surface area contributed by atoms with Crippen molar-refractivity contribution >= 4 is 21.8 Å². The minimum atomic E-state index is -0.0794. The highest BCUT2D eigenvalue weighted by atomic mass is 79.9. The average Bonchev–Trinajstić information content (AvgIpc) is 2.61. The molecular formula is C18H19BrN2O3. The van der Waals surface area contributed by atoms with Crippen molar-refractivity contribution in [1.82, 2.24) is 9.88 Å². The summed E-state index contributed by atoms with van der Waals surface area (Å²) < 4.78 is 11.6. The fourth-order valence-corrected chi connectivity index (χ4v) is 2.98. The summed E-state index contributed by atoms with van der Waals surface area (Å²) in [6.07, 6.45) is 0. The molecule has 24 heavy (non-hydrogen) atoms. The highest BCUT2D eigenvalue weighted by Crippen LogP contribution is 2.24. The number of aromatic nitrogens is 1. The van der Waals surface area contributed by atoms with Crippen molar-refractivity contribution in [3.8, 4) is 5.75 Å². The highest BCUT2D eigenvalue weighted by molar-refractivity contribution is 9.10. The summed E-state index contributed by atoms with van der Waals surface area (Å²) in [7, 11) is 0. The molecule has 1 aromatic carbocycles. The molecule has 1 amide bonds. The average molecular weight is 391 g/mol. The molecule has 1 fully saturated rings. The van der Waals surface area contributed by atoms with Crippen LogP contribution in [-0.4, -0.2) is 42.1 Å². The summed E-state index contributed by atoms with van der Waals surface area (Å²) in [5.74, 6) is 0.541. The van der Waals surface area contributed by atoms with Crippen LogP contribution in [0.4, 0.5) is 0 Å².